The smallest absolute Gasteiger partial charge is 0.330 e. The average Bonchev–Trinajstić information content (AvgIpc) is 3.14. The first-order chi connectivity index (χ1) is 9.09. The molecular formula is C14H17BrN2O2. The summed E-state index contributed by atoms with van der Waals surface area (Å²) in [5.74, 6) is -0.751. The van der Waals surface area contributed by atoms with Gasteiger partial charge in [0.05, 0.1) is 0 Å². The van der Waals surface area contributed by atoms with Gasteiger partial charge in [-0.2, -0.15) is 0 Å². The molecule has 1 atom stereocenters. The van der Waals surface area contributed by atoms with E-state index < -0.39 is 11.5 Å². The molecule has 1 unspecified atom stereocenters. The Morgan fingerprint density at radius 1 is 1.37 bits per heavy atom. The highest BCUT2D eigenvalue weighted by molar-refractivity contribution is 9.10. The third-order valence-corrected chi connectivity index (χ3v) is 4.53. The van der Waals surface area contributed by atoms with Gasteiger partial charge in [-0.15, -0.1) is 0 Å². The second-order valence-electron chi connectivity index (χ2n) is 5.47. The van der Waals surface area contributed by atoms with Crippen LogP contribution in [0, 0.1) is 0 Å². The van der Waals surface area contributed by atoms with Crippen molar-refractivity contribution in [1.29, 1.82) is 0 Å². The van der Waals surface area contributed by atoms with Gasteiger partial charge in [0.2, 0.25) is 0 Å². The first-order valence-electron chi connectivity index (χ1n) is 6.60. The predicted octanol–water partition coefficient (Wildman–Crippen LogP) is 2.55. The summed E-state index contributed by atoms with van der Waals surface area (Å²) >= 11 is 3.39. The van der Waals surface area contributed by atoms with Crippen molar-refractivity contribution in [1.82, 2.24) is 4.90 Å². The van der Waals surface area contributed by atoms with Crippen LogP contribution in [0.2, 0.25) is 0 Å². The van der Waals surface area contributed by atoms with Crippen LogP contribution in [-0.2, 0) is 4.79 Å². The van der Waals surface area contributed by atoms with Crippen LogP contribution in [0.4, 0.5) is 5.69 Å². The summed E-state index contributed by atoms with van der Waals surface area (Å²) in [6.07, 6.45) is 3.09. The number of anilines is 1. The monoisotopic (exact) mass is 324 g/mol. The number of benzene rings is 1. The van der Waals surface area contributed by atoms with Crippen LogP contribution in [0.3, 0.4) is 0 Å². The Hall–Kier alpha value is -1.07. The number of rotatable bonds is 4. The number of carboxylic acid groups (broad SMARTS) is 1. The Balaban J connectivity index is 1.77. The van der Waals surface area contributed by atoms with Crippen molar-refractivity contribution < 1.29 is 9.90 Å². The van der Waals surface area contributed by atoms with Crippen molar-refractivity contribution in [2.24, 2.45) is 0 Å². The Bertz CT molecular complexity index is 487. The van der Waals surface area contributed by atoms with E-state index in [0.29, 0.717) is 19.0 Å². The number of hydrogen-bond acceptors (Lipinski definition) is 3. The van der Waals surface area contributed by atoms with E-state index >= 15 is 0 Å². The van der Waals surface area contributed by atoms with Crippen molar-refractivity contribution >= 4 is 27.6 Å². The molecule has 2 aliphatic rings. The lowest BCUT2D eigenvalue weighted by Gasteiger charge is -2.27. The molecule has 102 valence electrons. The zero-order chi connectivity index (χ0) is 13.5. The molecule has 1 aliphatic heterocycles. The molecule has 0 spiro atoms. The molecule has 1 saturated carbocycles. The lowest BCUT2D eigenvalue weighted by molar-refractivity contribution is -0.141. The zero-order valence-electron chi connectivity index (χ0n) is 10.6. The Morgan fingerprint density at radius 2 is 2.05 bits per heavy atom. The molecule has 19 heavy (non-hydrogen) atoms. The molecule has 1 heterocycles. The van der Waals surface area contributed by atoms with Gasteiger partial charge in [-0.1, -0.05) is 15.9 Å². The molecule has 0 bridgehead atoms. The fourth-order valence-electron chi connectivity index (χ4n) is 2.73. The fourth-order valence-corrected chi connectivity index (χ4v) is 2.99. The first kappa shape index (κ1) is 12.9. The summed E-state index contributed by atoms with van der Waals surface area (Å²) < 4.78 is 0.994. The van der Waals surface area contributed by atoms with Crippen LogP contribution >= 0.6 is 15.9 Å². The van der Waals surface area contributed by atoms with Crippen LogP contribution in [0.5, 0.6) is 0 Å². The van der Waals surface area contributed by atoms with E-state index in [2.05, 4.69) is 26.1 Å². The van der Waals surface area contributed by atoms with E-state index in [9.17, 15) is 9.90 Å². The van der Waals surface area contributed by atoms with Crippen molar-refractivity contribution in [2.45, 2.75) is 30.8 Å². The fraction of sp³-hybridized carbons (Fsp3) is 0.500. The average molecular weight is 325 g/mol. The van der Waals surface area contributed by atoms with E-state index in [1.54, 1.807) is 0 Å². The van der Waals surface area contributed by atoms with Gasteiger partial charge in [-0.05, 0) is 43.5 Å². The largest absolute Gasteiger partial charge is 0.479 e. The highest BCUT2D eigenvalue weighted by atomic mass is 79.9. The Kier molecular flexibility index (Phi) is 3.27. The van der Waals surface area contributed by atoms with Crippen molar-refractivity contribution in [3.8, 4) is 0 Å². The standard InChI is InChI=1S/C14H17BrN2O2/c15-10-1-3-11(4-2-10)16-14(13(18)19)7-8-17(9-14)12-5-6-12/h1-4,12,16H,5-9H2,(H,18,19). The van der Waals surface area contributed by atoms with Crippen LogP contribution in [0.1, 0.15) is 19.3 Å². The predicted molar refractivity (Wildman–Crippen MR) is 77.3 cm³/mol. The second kappa shape index (κ2) is 4.80. The van der Waals surface area contributed by atoms with E-state index in [0.717, 1.165) is 16.7 Å². The van der Waals surface area contributed by atoms with Crippen LogP contribution in [-0.4, -0.2) is 40.6 Å². The van der Waals surface area contributed by atoms with Crippen LogP contribution < -0.4 is 5.32 Å². The van der Waals surface area contributed by atoms with Crippen molar-refractivity contribution in [2.75, 3.05) is 18.4 Å². The maximum absolute atomic E-state index is 11.7. The normalized spacial score (nSPS) is 27.4. The maximum Gasteiger partial charge on any atom is 0.330 e. The molecule has 1 aromatic rings. The first-order valence-corrected chi connectivity index (χ1v) is 7.40. The second-order valence-corrected chi connectivity index (χ2v) is 6.39. The molecule has 2 fully saturated rings. The molecule has 0 amide bonds. The zero-order valence-corrected chi connectivity index (χ0v) is 12.2. The lowest BCUT2D eigenvalue weighted by Crippen LogP contribution is -2.49. The number of halogens is 1. The summed E-state index contributed by atoms with van der Waals surface area (Å²) in [4.78, 5) is 14.0. The number of carbonyl (C=O) groups is 1. The summed E-state index contributed by atoms with van der Waals surface area (Å²) in [5, 5.41) is 12.8. The minimum Gasteiger partial charge on any atom is -0.479 e. The van der Waals surface area contributed by atoms with Gasteiger partial charge in [0.1, 0.15) is 5.54 Å². The lowest BCUT2D eigenvalue weighted by atomic mass is 9.98. The SMILES string of the molecule is O=C(O)C1(Nc2ccc(Br)cc2)CCN(C2CC2)C1. The minimum absolute atomic E-state index is 0.600. The number of nitrogens with zero attached hydrogens (tertiary/aromatic N) is 1. The van der Waals surface area contributed by atoms with Gasteiger partial charge in [-0.3, -0.25) is 4.90 Å². The summed E-state index contributed by atoms with van der Waals surface area (Å²) in [7, 11) is 0. The van der Waals surface area contributed by atoms with Gasteiger partial charge in [0.15, 0.2) is 0 Å². The number of likely N-dealkylation sites (tertiary alicyclic amines) is 1. The molecule has 2 N–H and O–H groups in total. The van der Waals surface area contributed by atoms with Gasteiger partial charge < -0.3 is 10.4 Å². The molecule has 1 aromatic carbocycles. The third kappa shape index (κ3) is 2.62. The van der Waals surface area contributed by atoms with Crippen molar-refractivity contribution in [3.05, 3.63) is 28.7 Å². The molecule has 0 radical (unpaired) electrons. The number of carboxylic acids is 1. The van der Waals surface area contributed by atoms with Gasteiger partial charge in [-0.25, -0.2) is 4.79 Å². The Labute approximate surface area is 120 Å². The third-order valence-electron chi connectivity index (χ3n) is 4.00. The maximum atomic E-state index is 11.7. The minimum atomic E-state index is -0.837. The molecule has 0 aromatic heterocycles. The quantitative estimate of drug-likeness (QED) is 0.893. The molecular weight excluding hydrogens is 308 g/mol. The van der Waals surface area contributed by atoms with Gasteiger partial charge >= 0.3 is 5.97 Å². The van der Waals surface area contributed by atoms with E-state index in [-0.39, 0.29) is 0 Å². The number of aliphatic carboxylic acids is 1. The highest BCUT2D eigenvalue weighted by Crippen LogP contribution is 2.35. The number of nitrogens with one attached hydrogen (secondary N) is 1. The van der Waals surface area contributed by atoms with Crippen LogP contribution in [0.25, 0.3) is 0 Å². The van der Waals surface area contributed by atoms with Crippen LogP contribution in [0.15, 0.2) is 28.7 Å². The molecule has 1 aliphatic carbocycles. The summed E-state index contributed by atoms with van der Waals surface area (Å²) in [6.45, 7) is 1.48. The van der Waals surface area contributed by atoms with Gasteiger partial charge in [0.25, 0.3) is 0 Å². The topological polar surface area (TPSA) is 52.6 Å². The number of hydrogen-bond donors (Lipinski definition) is 2. The highest BCUT2D eigenvalue weighted by Gasteiger charge is 2.48. The van der Waals surface area contributed by atoms with Crippen molar-refractivity contribution in [3.63, 3.8) is 0 Å². The Morgan fingerprint density at radius 3 is 2.63 bits per heavy atom. The summed E-state index contributed by atoms with van der Waals surface area (Å²) in [6, 6.07) is 8.29. The molecule has 4 nitrogen and oxygen atoms in total. The van der Waals surface area contributed by atoms with E-state index in [1.807, 2.05) is 24.3 Å². The summed E-state index contributed by atoms with van der Waals surface area (Å²) in [5.41, 5.74) is 0.0272. The molecule has 5 heteroatoms. The molecule has 1 saturated heterocycles. The van der Waals surface area contributed by atoms with Gasteiger partial charge in [0, 0.05) is 29.3 Å². The van der Waals surface area contributed by atoms with E-state index in [4.69, 9.17) is 0 Å². The van der Waals surface area contributed by atoms with E-state index in [1.165, 1.54) is 12.8 Å². The molecule has 3 rings (SSSR count).